The molecule has 0 unspecified atom stereocenters. The molecule has 0 atom stereocenters. The maximum absolute atomic E-state index is 11.8. The average Bonchev–Trinajstić information content (AvgIpc) is 3.00. The Morgan fingerprint density at radius 1 is 1.32 bits per heavy atom. The highest BCUT2D eigenvalue weighted by molar-refractivity contribution is 9.10. The predicted molar refractivity (Wildman–Crippen MR) is 87.1 cm³/mol. The van der Waals surface area contributed by atoms with Gasteiger partial charge in [0.05, 0.1) is 0 Å². The topological polar surface area (TPSA) is 75.6 Å². The molecule has 0 aliphatic carbocycles. The molecule has 0 aliphatic heterocycles. The number of amides is 1. The Morgan fingerprint density at radius 3 is 2.86 bits per heavy atom. The third-order valence-corrected chi connectivity index (χ3v) is 4.22. The zero-order chi connectivity index (χ0) is 15.9. The van der Waals surface area contributed by atoms with Crippen LogP contribution in [0.5, 0.6) is 5.75 Å². The van der Waals surface area contributed by atoms with E-state index in [1.165, 1.54) is 17.0 Å². The Hall–Kier alpha value is -1.86. The Morgan fingerprint density at radius 2 is 2.14 bits per heavy atom. The number of carbonyl (C=O) groups excluding carboxylic acids is 2. The Bertz CT molecular complexity index is 658. The first-order chi connectivity index (χ1) is 10.6. The van der Waals surface area contributed by atoms with Gasteiger partial charge in [-0.15, -0.1) is 11.3 Å². The first kappa shape index (κ1) is 16.5. The molecule has 1 aromatic carbocycles. The molecule has 0 radical (unpaired) electrons. The molecule has 5 nitrogen and oxygen atoms in total. The van der Waals surface area contributed by atoms with Gasteiger partial charge < -0.3 is 15.2 Å². The molecule has 1 aromatic heterocycles. The van der Waals surface area contributed by atoms with E-state index in [1.54, 1.807) is 17.4 Å². The quantitative estimate of drug-likeness (QED) is 0.751. The molecule has 7 heteroatoms. The number of halogens is 1. The van der Waals surface area contributed by atoms with E-state index in [0.717, 1.165) is 6.42 Å². The summed E-state index contributed by atoms with van der Waals surface area (Å²) in [5.41, 5.74) is 0.0146. The van der Waals surface area contributed by atoms with Gasteiger partial charge >= 0.3 is 5.97 Å². The van der Waals surface area contributed by atoms with E-state index in [-0.39, 0.29) is 23.8 Å². The lowest BCUT2D eigenvalue weighted by Gasteiger charge is -2.07. The monoisotopic (exact) mass is 383 g/mol. The highest BCUT2D eigenvalue weighted by atomic mass is 79.9. The van der Waals surface area contributed by atoms with E-state index in [4.69, 9.17) is 4.74 Å². The molecule has 2 N–H and O–H groups in total. The molecule has 0 bridgehead atoms. The number of ether oxygens (including phenoxy) is 1. The van der Waals surface area contributed by atoms with E-state index >= 15 is 0 Å². The normalized spacial score (nSPS) is 10.2. The van der Waals surface area contributed by atoms with Crippen molar-refractivity contribution >= 4 is 39.1 Å². The second kappa shape index (κ2) is 7.95. The van der Waals surface area contributed by atoms with Gasteiger partial charge in [0.1, 0.15) is 11.3 Å². The Balaban J connectivity index is 1.75. The lowest BCUT2D eigenvalue weighted by Crippen LogP contribution is -2.30. The summed E-state index contributed by atoms with van der Waals surface area (Å²) in [6.07, 6.45) is 0.740. The van der Waals surface area contributed by atoms with Gasteiger partial charge in [0.2, 0.25) is 0 Å². The first-order valence-electron chi connectivity index (χ1n) is 6.51. The number of nitrogens with one attached hydrogen (secondary N) is 1. The van der Waals surface area contributed by atoms with Crippen molar-refractivity contribution in [3.05, 3.63) is 50.6 Å². The van der Waals surface area contributed by atoms with Crippen molar-refractivity contribution in [2.45, 2.75) is 6.42 Å². The Kier molecular flexibility index (Phi) is 5.97. The SMILES string of the molecule is O=C(COC(=O)c1cc(Br)ccc1O)NCCc1cccs1. The summed E-state index contributed by atoms with van der Waals surface area (Å²) in [5, 5.41) is 14.2. The summed E-state index contributed by atoms with van der Waals surface area (Å²) in [6, 6.07) is 8.36. The van der Waals surface area contributed by atoms with Gasteiger partial charge in [-0.3, -0.25) is 4.79 Å². The Labute approximate surface area is 140 Å². The van der Waals surface area contributed by atoms with Gasteiger partial charge in [-0.1, -0.05) is 22.0 Å². The number of rotatable bonds is 6. The van der Waals surface area contributed by atoms with Gasteiger partial charge in [-0.25, -0.2) is 4.79 Å². The molecule has 2 aromatic rings. The van der Waals surface area contributed by atoms with E-state index < -0.39 is 5.97 Å². The number of hydrogen-bond acceptors (Lipinski definition) is 5. The summed E-state index contributed by atoms with van der Waals surface area (Å²) in [5.74, 6) is -1.31. The average molecular weight is 384 g/mol. The molecule has 0 fully saturated rings. The highest BCUT2D eigenvalue weighted by Crippen LogP contribution is 2.22. The standard InChI is InChI=1S/C15H14BrNO4S/c16-10-3-4-13(18)12(8-10)15(20)21-9-14(19)17-6-5-11-2-1-7-22-11/h1-4,7-8,18H,5-6,9H2,(H,17,19). The number of phenolic OH excluding ortho intramolecular Hbond substituents is 1. The van der Waals surface area contributed by atoms with Gasteiger partial charge in [0, 0.05) is 15.9 Å². The number of benzene rings is 1. The maximum atomic E-state index is 11.8. The van der Waals surface area contributed by atoms with E-state index in [1.807, 2.05) is 17.5 Å². The van der Waals surface area contributed by atoms with Gasteiger partial charge in [-0.2, -0.15) is 0 Å². The van der Waals surface area contributed by atoms with Crippen LogP contribution in [0, 0.1) is 0 Å². The minimum atomic E-state index is -0.743. The van der Waals surface area contributed by atoms with E-state index in [9.17, 15) is 14.7 Å². The summed E-state index contributed by atoms with van der Waals surface area (Å²) in [6.45, 7) is 0.105. The fraction of sp³-hybridized carbons (Fsp3) is 0.200. The molecular formula is C15H14BrNO4S. The predicted octanol–water partition coefficient (Wildman–Crippen LogP) is 2.73. The molecule has 2 rings (SSSR count). The summed E-state index contributed by atoms with van der Waals surface area (Å²) < 4.78 is 5.52. The molecule has 0 saturated heterocycles. The van der Waals surface area contributed by atoms with Gasteiger partial charge in [-0.05, 0) is 36.1 Å². The van der Waals surface area contributed by atoms with Crippen molar-refractivity contribution in [1.82, 2.24) is 5.32 Å². The molecule has 1 heterocycles. The minimum absolute atomic E-state index is 0.0146. The summed E-state index contributed by atoms with van der Waals surface area (Å²) in [4.78, 5) is 24.6. The molecule has 1 amide bonds. The van der Waals surface area contributed by atoms with Crippen molar-refractivity contribution in [2.24, 2.45) is 0 Å². The smallest absolute Gasteiger partial charge is 0.342 e. The summed E-state index contributed by atoms with van der Waals surface area (Å²) in [7, 11) is 0. The first-order valence-corrected chi connectivity index (χ1v) is 8.18. The molecular weight excluding hydrogens is 370 g/mol. The zero-order valence-corrected chi connectivity index (χ0v) is 13.9. The van der Waals surface area contributed by atoms with Crippen molar-refractivity contribution < 1.29 is 19.4 Å². The van der Waals surface area contributed by atoms with Crippen LogP contribution in [-0.4, -0.2) is 30.1 Å². The van der Waals surface area contributed by atoms with Crippen LogP contribution in [0.2, 0.25) is 0 Å². The lowest BCUT2D eigenvalue weighted by atomic mass is 10.2. The number of thiophene rings is 1. The number of aromatic hydroxyl groups is 1. The number of phenols is 1. The minimum Gasteiger partial charge on any atom is -0.507 e. The van der Waals surface area contributed by atoms with Crippen LogP contribution in [0.15, 0.2) is 40.2 Å². The van der Waals surface area contributed by atoms with Crippen LogP contribution >= 0.6 is 27.3 Å². The zero-order valence-electron chi connectivity index (χ0n) is 11.5. The molecule has 116 valence electrons. The maximum Gasteiger partial charge on any atom is 0.342 e. The van der Waals surface area contributed by atoms with Crippen LogP contribution in [0.25, 0.3) is 0 Å². The third kappa shape index (κ3) is 4.85. The molecule has 0 aliphatic rings. The fourth-order valence-electron chi connectivity index (χ4n) is 1.71. The van der Waals surface area contributed by atoms with Gasteiger partial charge in [0.15, 0.2) is 6.61 Å². The van der Waals surface area contributed by atoms with Crippen molar-refractivity contribution in [2.75, 3.05) is 13.2 Å². The number of hydrogen-bond donors (Lipinski definition) is 2. The summed E-state index contributed by atoms with van der Waals surface area (Å²) >= 11 is 4.82. The molecule has 0 saturated carbocycles. The van der Waals surface area contributed by atoms with E-state index in [0.29, 0.717) is 11.0 Å². The second-order valence-electron chi connectivity index (χ2n) is 4.42. The fourth-order valence-corrected chi connectivity index (χ4v) is 2.78. The van der Waals surface area contributed by atoms with Gasteiger partial charge in [0.25, 0.3) is 5.91 Å². The van der Waals surface area contributed by atoms with Crippen LogP contribution in [-0.2, 0) is 16.0 Å². The van der Waals surface area contributed by atoms with Crippen molar-refractivity contribution in [3.8, 4) is 5.75 Å². The largest absolute Gasteiger partial charge is 0.507 e. The lowest BCUT2D eigenvalue weighted by molar-refractivity contribution is -0.124. The van der Waals surface area contributed by atoms with Crippen molar-refractivity contribution in [1.29, 1.82) is 0 Å². The highest BCUT2D eigenvalue weighted by Gasteiger charge is 2.14. The van der Waals surface area contributed by atoms with Crippen LogP contribution in [0.1, 0.15) is 15.2 Å². The third-order valence-electron chi connectivity index (χ3n) is 2.79. The molecule has 0 spiro atoms. The second-order valence-corrected chi connectivity index (χ2v) is 6.36. The number of carbonyl (C=O) groups is 2. The van der Waals surface area contributed by atoms with Crippen molar-refractivity contribution in [3.63, 3.8) is 0 Å². The van der Waals surface area contributed by atoms with Crippen LogP contribution < -0.4 is 5.32 Å². The van der Waals surface area contributed by atoms with Crippen LogP contribution in [0.3, 0.4) is 0 Å². The number of esters is 1. The van der Waals surface area contributed by atoms with E-state index in [2.05, 4.69) is 21.2 Å². The van der Waals surface area contributed by atoms with Crippen LogP contribution in [0.4, 0.5) is 0 Å². The molecule has 22 heavy (non-hydrogen) atoms.